The first kappa shape index (κ1) is 14.9. The summed E-state index contributed by atoms with van der Waals surface area (Å²) in [7, 11) is 0. The molecule has 3 heterocycles. The number of hydrogen-bond acceptors (Lipinski definition) is 5. The zero-order valence-corrected chi connectivity index (χ0v) is 13.4. The molecule has 2 N–H and O–H groups in total. The van der Waals surface area contributed by atoms with E-state index in [-0.39, 0.29) is 0 Å². The third-order valence-electron chi connectivity index (χ3n) is 4.86. The Balaban J connectivity index is 1.84. The topological polar surface area (TPSA) is 78.3 Å². The molecule has 1 unspecified atom stereocenters. The van der Waals surface area contributed by atoms with E-state index in [1.165, 1.54) is 0 Å². The van der Waals surface area contributed by atoms with E-state index in [2.05, 4.69) is 15.3 Å². The van der Waals surface area contributed by atoms with Gasteiger partial charge in [0, 0.05) is 29.9 Å². The fourth-order valence-corrected chi connectivity index (χ4v) is 3.72. The smallest absolute Gasteiger partial charge is 0.326 e. The highest BCUT2D eigenvalue weighted by atomic mass is 16.4. The molecule has 6 heteroatoms. The summed E-state index contributed by atoms with van der Waals surface area (Å²) in [5, 5.41) is 13.0. The summed E-state index contributed by atoms with van der Waals surface area (Å²) >= 11 is 0. The van der Waals surface area contributed by atoms with Gasteiger partial charge in [-0.1, -0.05) is 18.2 Å². The predicted molar refractivity (Wildman–Crippen MR) is 92.3 cm³/mol. The molecule has 1 fully saturated rings. The lowest BCUT2D eigenvalue weighted by molar-refractivity contribution is -0.139. The van der Waals surface area contributed by atoms with E-state index in [4.69, 9.17) is 0 Å². The van der Waals surface area contributed by atoms with Crippen LogP contribution >= 0.6 is 0 Å². The number of aromatic nitrogens is 2. The summed E-state index contributed by atoms with van der Waals surface area (Å²) in [4.78, 5) is 22.6. The lowest BCUT2D eigenvalue weighted by Gasteiger charge is -2.35. The molecule has 2 aliphatic heterocycles. The van der Waals surface area contributed by atoms with Crippen LogP contribution in [0.3, 0.4) is 0 Å². The van der Waals surface area contributed by atoms with Gasteiger partial charge in [0.1, 0.15) is 18.2 Å². The fraction of sp³-hybridized carbons (Fsp3) is 0.389. The molecule has 2 aromatic rings. The minimum absolute atomic E-state index is 0.496. The summed E-state index contributed by atoms with van der Waals surface area (Å²) in [5.74, 6) is 0.0137. The maximum atomic E-state index is 11.7. The monoisotopic (exact) mass is 324 g/mol. The molecule has 1 aromatic carbocycles. The molecule has 4 rings (SSSR count). The molecule has 0 radical (unpaired) electrons. The minimum Gasteiger partial charge on any atom is -0.480 e. The standard InChI is InChI=1S/C18H20N4O2/c23-18(24)15-7-3-4-10-22(15)17-13-8-9-19-14-6-2-1-5-12(14)16(13)20-11-21-17/h1-2,5-6,11,15,19H,3-4,7-10H2,(H,23,24). The number of carboxylic acids is 1. The Morgan fingerprint density at radius 1 is 1.25 bits per heavy atom. The van der Waals surface area contributed by atoms with Crippen LogP contribution in [0.1, 0.15) is 24.8 Å². The average Bonchev–Trinajstić information content (AvgIpc) is 2.81. The number of para-hydroxylation sites is 1. The van der Waals surface area contributed by atoms with Crippen molar-refractivity contribution in [3.63, 3.8) is 0 Å². The van der Waals surface area contributed by atoms with Crippen LogP contribution in [0, 0.1) is 0 Å². The Bertz CT molecular complexity index is 777. The quantitative estimate of drug-likeness (QED) is 0.884. The fourth-order valence-electron chi connectivity index (χ4n) is 3.72. The molecule has 1 atom stereocenters. The minimum atomic E-state index is -0.769. The first-order chi connectivity index (χ1) is 11.8. The highest BCUT2D eigenvalue weighted by Crippen LogP contribution is 2.36. The van der Waals surface area contributed by atoms with Crippen molar-refractivity contribution in [1.82, 2.24) is 9.97 Å². The number of hydrogen-bond donors (Lipinski definition) is 2. The Labute approximate surface area is 140 Å². The third-order valence-corrected chi connectivity index (χ3v) is 4.86. The maximum Gasteiger partial charge on any atom is 0.326 e. The Kier molecular flexibility index (Phi) is 3.80. The van der Waals surface area contributed by atoms with Crippen molar-refractivity contribution in [2.24, 2.45) is 0 Å². The van der Waals surface area contributed by atoms with E-state index >= 15 is 0 Å². The van der Waals surface area contributed by atoms with Crippen molar-refractivity contribution in [2.75, 3.05) is 23.3 Å². The number of rotatable bonds is 2. The Morgan fingerprint density at radius 2 is 2.12 bits per heavy atom. The molecule has 6 nitrogen and oxygen atoms in total. The number of nitrogens with zero attached hydrogens (tertiary/aromatic N) is 3. The Hall–Kier alpha value is -2.63. The van der Waals surface area contributed by atoms with E-state index in [0.717, 1.165) is 60.7 Å². The number of aliphatic carboxylic acids is 1. The van der Waals surface area contributed by atoms with Crippen molar-refractivity contribution < 1.29 is 9.90 Å². The lowest BCUT2D eigenvalue weighted by atomic mass is 9.99. The second kappa shape index (κ2) is 6.11. The van der Waals surface area contributed by atoms with Gasteiger partial charge in [0.25, 0.3) is 0 Å². The molecule has 0 saturated carbocycles. The van der Waals surface area contributed by atoms with E-state index in [1.54, 1.807) is 6.33 Å². The van der Waals surface area contributed by atoms with Crippen LogP contribution < -0.4 is 10.2 Å². The molecule has 24 heavy (non-hydrogen) atoms. The van der Waals surface area contributed by atoms with Gasteiger partial charge < -0.3 is 15.3 Å². The van der Waals surface area contributed by atoms with Crippen LogP contribution in [0.5, 0.6) is 0 Å². The number of nitrogens with one attached hydrogen (secondary N) is 1. The van der Waals surface area contributed by atoms with Crippen LogP contribution in [-0.2, 0) is 11.2 Å². The van der Waals surface area contributed by atoms with Gasteiger partial charge in [0.2, 0.25) is 0 Å². The second-order valence-corrected chi connectivity index (χ2v) is 6.29. The third kappa shape index (κ3) is 2.48. The van der Waals surface area contributed by atoms with Gasteiger partial charge in [-0.05, 0) is 31.7 Å². The molecule has 0 aliphatic carbocycles. The molecule has 0 bridgehead atoms. The van der Waals surface area contributed by atoms with Crippen molar-refractivity contribution >= 4 is 17.5 Å². The molecule has 1 aromatic heterocycles. The van der Waals surface area contributed by atoms with Crippen LogP contribution in [0.25, 0.3) is 11.3 Å². The van der Waals surface area contributed by atoms with Gasteiger partial charge in [-0.15, -0.1) is 0 Å². The number of carbonyl (C=O) groups is 1. The van der Waals surface area contributed by atoms with Crippen LogP contribution in [0.2, 0.25) is 0 Å². The number of anilines is 2. The first-order valence-electron chi connectivity index (χ1n) is 8.42. The summed E-state index contributed by atoms with van der Waals surface area (Å²) in [6.45, 7) is 1.52. The highest BCUT2D eigenvalue weighted by Gasteiger charge is 2.32. The SMILES string of the molecule is O=C(O)C1CCCCN1c1ncnc2c1CCNc1ccccc1-2. The van der Waals surface area contributed by atoms with Crippen LogP contribution in [0.4, 0.5) is 11.5 Å². The lowest BCUT2D eigenvalue weighted by Crippen LogP contribution is -2.45. The molecule has 1 saturated heterocycles. The molecule has 0 amide bonds. The predicted octanol–water partition coefficient (Wildman–Crippen LogP) is 2.56. The van der Waals surface area contributed by atoms with Gasteiger partial charge in [-0.25, -0.2) is 14.8 Å². The van der Waals surface area contributed by atoms with E-state index < -0.39 is 12.0 Å². The van der Waals surface area contributed by atoms with Crippen molar-refractivity contribution in [1.29, 1.82) is 0 Å². The second-order valence-electron chi connectivity index (χ2n) is 6.29. The molecule has 124 valence electrons. The summed E-state index contributed by atoms with van der Waals surface area (Å²) in [6.07, 6.45) is 4.96. The van der Waals surface area contributed by atoms with E-state index in [0.29, 0.717) is 6.42 Å². The van der Waals surface area contributed by atoms with Gasteiger partial charge in [-0.3, -0.25) is 0 Å². The number of piperidine rings is 1. The normalized spacial score (nSPS) is 19.7. The molecular weight excluding hydrogens is 304 g/mol. The summed E-state index contributed by atoms with van der Waals surface area (Å²) in [5.41, 5.74) is 4.07. The zero-order chi connectivity index (χ0) is 16.5. The molecule has 2 aliphatic rings. The molecule has 0 spiro atoms. The van der Waals surface area contributed by atoms with Crippen LogP contribution in [0.15, 0.2) is 30.6 Å². The zero-order valence-electron chi connectivity index (χ0n) is 13.4. The van der Waals surface area contributed by atoms with E-state index in [9.17, 15) is 9.90 Å². The average molecular weight is 324 g/mol. The van der Waals surface area contributed by atoms with Gasteiger partial charge in [0.05, 0.1) is 5.69 Å². The molecular formula is C18H20N4O2. The van der Waals surface area contributed by atoms with Crippen LogP contribution in [-0.4, -0.2) is 40.2 Å². The van der Waals surface area contributed by atoms with Crippen molar-refractivity contribution in [2.45, 2.75) is 31.7 Å². The van der Waals surface area contributed by atoms with Crippen molar-refractivity contribution in [3.05, 3.63) is 36.2 Å². The Morgan fingerprint density at radius 3 is 3.00 bits per heavy atom. The summed E-state index contributed by atoms with van der Waals surface area (Å²) < 4.78 is 0. The van der Waals surface area contributed by atoms with Gasteiger partial charge >= 0.3 is 5.97 Å². The summed E-state index contributed by atoms with van der Waals surface area (Å²) in [6, 6.07) is 7.60. The largest absolute Gasteiger partial charge is 0.480 e. The number of fused-ring (bicyclic) bond motifs is 3. The van der Waals surface area contributed by atoms with Gasteiger partial charge in [0.15, 0.2) is 0 Å². The highest BCUT2D eigenvalue weighted by molar-refractivity contribution is 5.83. The van der Waals surface area contributed by atoms with E-state index in [1.807, 2.05) is 29.2 Å². The van der Waals surface area contributed by atoms with Crippen molar-refractivity contribution in [3.8, 4) is 11.3 Å². The number of carboxylic acid groups (broad SMARTS) is 1. The first-order valence-corrected chi connectivity index (χ1v) is 8.42. The number of benzene rings is 1. The van der Waals surface area contributed by atoms with Gasteiger partial charge in [-0.2, -0.15) is 0 Å². The maximum absolute atomic E-state index is 11.7.